The van der Waals surface area contributed by atoms with Crippen LogP contribution in [0.25, 0.3) is 0 Å². The fourth-order valence-electron chi connectivity index (χ4n) is 2.84. The summed E-state index contributed by atoms with van der Waals surface area (Å²) in [4.78, 5) is 12.5. The number of nitrogens with zero attached hydrogens (tertiary/aromatic N) is 2. The van der Waals surface area contributed by atoms with Gasteiger partial charge in [0, 0.05) is 25.0 Å². The Morgan fingerprint density at radius 1 is 1.25 bits per heavy atom. The number of carbonyl (C=O) groups excluding carboxylic acids is 1. The van der Waals surface area contributed by atoms with E-state index in [-0.39, 0.29) is 22.8 Å². The molecule has 0 saturated carbocycles. The molecule has 1 N–H and O–H groups in total. The molecule has 8 heteroatoms. The fraction of sp³-hybridized carbons (Fsp3) is 0.750. The maximum atomic E-state index is 12.8. The molecule has 0 bridgehead atoms. The molecule has 0 aromatic carbocycles. The zero-order valence-electron chi connectivity index (χ0n) is 15.0. The minimum atomic E-state index is -3.62. The van der Waals surface area contributed by atoms with Crippen molar-refractivity contribution in [1.29, 1.82) is 0 Å². The van der Waals surface area contributed by atoms with Gasteiger partial charge in [0.2, 0.25) is 15.9 Å². The van der Waals surface area contributed by atoms with Crippen LogP contribution in [0.15, 0.2) is 9.42 Å². The van der Waals surface area contributed by atoms with Gasteiger partial charge in [0.25, 0.3) is 0 Å². The molecule has 0 unspecified atom stereocenters. The van der Waals surface area contributed by atoms with Gasteiger partial charge in [0.1, 0.15) is 10.6 Å². The summed E-state index contributed by atoms with van der Waals surface area (Å²) in [5, 5.41) is 6.74. The zero-order valence-corrected chi connectivity index (χ0v) is 15.8. The highest BCUT2D eigenvalue weighted by Gasteiger charge is 2.35. The summed E-state index contributed by atoms with van der Waals surface area (Å²) < 4.78 is 31.9. The summed E-state index contributed by atoms with van der Waals surface area (Å²) in [6, 6.07) is 0.113. The largest absolute Gasteiger partial charge is 0.360 e. The van der Waals surface area contributed by atoms with Crippen LogP contribution in [0, 0.1) is 25.7 Å². The molecule has 24 heavy (non-hydrogen) atoms. The van der Waals surface area contributed by atoms with Crippen molar-refractivity contribution in [1.82, 2.24) is 14.8 Å². The third kappa shape index (κ3) is 3.80. The Labute approximate surface area is 143 Å². The van der Waals surface area contributed by atoms with Crippen molar-refractivity contribution < 1.29 is 17.7 Å². The van der Waals surface area contributed by atoms with E-state index in [2.05, 4.69) is 24.3 Å². The van der Waals surface area contributed by atoms with E-state index in [9.17, 15) is 13.2 Å². The summed E-state index contributed by atoms with van der Waals surface area (Å²) >= 11 is 0. The van der Waals surface area contributed by atoms with Gasteiger partial charge < -0.3 is 9.84 Å². The molecular formula is C16H27N3O4S. The summed E-state index contributed by atoms with van der Waals surface area (Å²) in [5.41, 5.74) is 0.373. The third-order valence-corrected chi connectivity index (χ3v) is 6.90. The fourth-order valence-corrected chi connectivity index (χ4v) is 4.60. The Morgan fingerprint density at radius 2 is 1.83 bits per heavy atom. The number of amides is 1. The summed E-state index contributed by atoms with van der Waals surface area (Å²) in [6.07, 6.45) is 1.05. The van der Waals surface area contributed by atoms with Crippen LogP contribution in [0.4, 0.5) is 0 Å². The number of sulfonamides is 1. The second-order valence-electron chi connectivity index (χ2n) is 6.87. The number of rotatable bonds is 5. The molecule has 2 heterocycles. The average Bonchev–Trinajstić information content (AvgIpc) is 2.86. The van der Waals surface area contributed by atoms with Crippen LogP contribution in [0.3, 0.4) is 0 Å². The quantitative estimate of drug-likeness (QED) is 0.868. The van der Waals surface area contributed by atoms with E-state index in [1.165, 1.54) is 4.31 Å². The van der Waals surface area contributed by atoms with Gasteiger partial charge in [0.05, 0.1) is 0 Å². The van der Waals surface area contributed by atoms with Crippen LogP contribution in [0.5, 0.6) is 0 Å². The molecule has 1 fully saturated rings. The molecule has 1 aromatic rings. The molecule has 2 rings (SSSR count). The molecule has 0 spiro atoms. The lowest BCUT2D eigenvalue weighted by molar-refractivity contribution is -0.127. The highest BCUT2D eigenvalue weighted by molar-refractivity contribution is 7.89. The predicted octanol–water partition coefficient (Wildman–Crippen LogP) is 1.85. The van der Waals surface area contributed by atoms with Gasteiger partial charge in [-0.05, 0) is 39.5 Å². The van der Waals surface area contributed by atoms with E-state index in [0.717, 1.165) is 0 Å². The summed E-state index contributed by atoms with van der Waals surface area (Å²) in [5.74, 6) is 0.556. The lowest BCUT2D eigenvalue weighted by atomic mass is 9.96. The Balaban J connectivity index is 2.01. The normalized spacial score (nSPS) is 18.8. The molecule has 7 nitrogen and oxygen atoms in total. The maximum Gasteiger partial charge on any atom is 0.248 e. The number of aromatic nitrogens is 1. The lowest BCUT2D eigenvalue weighted by Crippen LogP contribution is -2.45. The number of hydrogen-bond acceptors (Lipinski definition) is 5. The van der Waals surface area contributed by atoms with Gasteiger partial charge in [-0.2, -0.15) is 4.31 Å². The van der Waals surface area contributed by atoms with Crippen LogP contribution in [-0.4, -0.2) is 42.9 Å². The lowest BCUT2D eigenvalue weighted by Gasteiger charge is -2.31. The molecule has 1 aromatic heterocycles. The SMILES string of the molecule is Cc1noc(C)c1S(=O)(=O)N1CCC(C(=O)N[C@@H](C)C(C)C)CC1. The maximum absolute atomic E-state index is 12.8. The average molecular weight is 357 g/mol. The predicted molar refractivity (Wildman–Crippen MR) is 89.9 cm³/mol. The first-order valence-electron chi connectivity index (χ1n) is 8.38. The Morgan fingerprint density at radius 3 is 2.29 bits per heavy atom. The van der Waals surface area contributed by atoms with Gasteiger partial charge in [-0.1, -0.05) is 19.0 Å². The minimum Gasteiger partial charge on any atom is -0.360 e. The van der Waals surface area contributed by atoms with E-state index in [1.54, 1.807) is 13.8 Å². The molecule has 1 aliphatic heterocycles. The molecule has 0 aliphatic carbocycles. The van der Waals surface area contributed by atoms with E-state index >= 15 is 0 Å². The third-order valence-electron chi connectivity index (χ3n) is 4.76. The van der Waals surface area contributed by atoms with E-state index < -0.39 is 10.0 Å². The van der Waals surface area contributed by atoms with Crippen molar-refractivity contribution in [2.24, 2.45) is 11.8 Å². The second-order valence-corrected chi connectivity index (χ2v) is 8.75. The number of piperidine rings is 1. The number of nitrogens with one attached hydrogen (secondary N) is 1. The van der Waals surface area contributed by atoms with Crippen molar-refractivity contribution in [3.8, 4) is 0 Å². The van der Waals surface area contributed by atoms with Crippen LogP contribution >= 0.6 is 0 Å². The number of hydrogen-bond donors (Lipinski definition) is 1. The van der Waals surface area contributed by atoms with Gasteiger partial charge in [-0.25, -0.2) is 8.42 Å². The Hall–Kier alpha value is -1.41. The molecule has 1 saturated heterocycles. The van der Waals surface area contributed by atoms with E-state index in [1.807, 2.05) is 6.92 Å². The molecule has 1 amide bonds. The van der Waals surface area contributed by atoms with Crippen LogP contribution in [0.1, 0.15) is 45.1 Å². The van der Waals surface area contributed by atoms with E-state index in [0.29, 0.717) is 43.3 Å². The minimum absolute atomic E-state index is 0.0191. The standard InChI is InChI=1S/C16H27N3O4S/c1-10(2)11(3)17-16(20)14-6-8-19(9-7-14)24(21,22)15-12(4)18-23-13(15)5/h10-11,14H,6-9H2,1-5H3,(H,17,20)/t11-/m0/s1. The summed E-state index contributed by atoms with van der Waals surface area (Å²) in [6.45, 7) is 9.99. The monoisotopic (exact) mass is 357 g/mol. The topological polar surface area (TPSA) is 92.5 Å². The van der Waals surface area contributed by atoms with Crippen LogP contribution < -0.4 is 5.32 Å². The highest BCUT2D eigenvalue weighted by Crippen LogP contribution is 2.27. The van der Waals surface area contributed by atoms with Crippen LogP contribution in [-0.2, 0) is 14.8 Å². The molecule has 1 aliphatic rings. The molecular weight excluding hydrogens is 330 g/mol. The first kappa shape index (κ1) is 18.9. The van der Waals surface area contributed by atoms with Crippen LogP contribution in [0.2, 0.25) is 0 Å². The second kappa shape index (κ2) is 7.23. The van der Waals surface area contributed by atoms with Crippen molar-refractivity contribution in [2.45, 2.75) is 58.4 Å². The van der Waals surface area contributed by atoms with Gasteiger partial charge in [-0.3, -0.25) is 4.79 Å². The highest BCUT2D eigenvalue weighted by atomic mass is 32.2. The first-order valence-corrected chi connectivity index (χ1v) is 9.82. The molecule has 0 radical (unpaired) electrons. The van der Waals surface area contributed by atoms with Crippen molar-refractivity contribution >= 4 is 15.9 Å². The Kier molecular flexibility index (Phi) is 5.70. The smallest absolute Gasteiger partial charge is 0.248 e. The zero-order chi connectivity index (χ0) is 18.1. The molecule has 1 atom stereocenters. The first-order chi connectivity index (χ1) is 11.1. The van der Waals surface area contributed by atoms with Gasteiger partial charge >= 0.3 is 0 Å². The number of carbonyl (C=O) groups is 1. The molecule has 136 valence electrons. The van der Waals surface area contributed by atoms with Crippen molar-refractivity contribution in [2.75, 3.05) is 13.1 Å². The van der Waals surface area contributed by atoms with E-state index in [4.69, 9.17) is 4.52 Å². The van der Waals surface area contributed by atoms with Crippen molar-refractivity contribution in [3.63, 3.8) is 0 Å². The van der Waals surface area contributed by atoms with Gasteiger partial charge in [-0.15, -0.1) is 0 Å². The van der Waals surface area contributed by atoms with Gasteiger partial charge in [0.15, 0.2) is 5.76 Å². The Bertz CT molecular complexity index is 669. The number of aryl methyl sites for hydroxylation is 2. The summed E-state index contributed by atoms with van der Waals surface area (Å²) in [7, 11) is -3.62. The van der Waals surface area contributed by atoms with Crippen molar-refractivity contribution in [3.05, 3.63) is 11.5 Å².